The second kappa shape index (κ2) is 7.29. The van der Waals surface area contributed by atoms with Gasteiger partial charge in [0.25, 0.3) is 5.56 Å². The van der Waals surface area contributed by atoms with Crippen molar-refractivity contribution in [1.82, 2.24) is 14.7 Å². The van der Waals surface area contributed by atoms with Crippen LogP contribution in [0.1, 0.15) is 11.3 Å². The van der Waals surface area contributed by atoms with Crippen LogP contribution in [0.3, 0.4) is 0 Å². The van der Waals surface area contributed by atoms with E-state index in [9.17, 15) is 18.0 Å². The minimum Gasteiger partial charge on any atom is -0.271 e. The number of aromatic nitrogens is 2. The molecule has 1 aromatic heterocycles. The second-order valence-electron chi connectivity index (χ2n) is 6.16. The van der Waals surface area contributed by atoms with Crippen LogP contribution in [0.15, 0.2) is 59.4 Å². The zero-order valence-corrected chi connectivity index (χ0v) is 14.2. The third-order valence-corrected chi connectivity index (χ3v) is 4.04. The van der Waals surface area contributed by atoms with Gasteiger partial charge in [-0.25, -0.2) is 4.68 Å². The number of rotatable bonds is 5. The molecule has 1 heterocycles. The first-order valence-electron chi connectivity index (χ1n) is 8.13. The van der Waals surface area contributed by atoms with Gasteiger partial charge in [-0.05, 0) is 18.6 Å². The van der Waals surface area contributed by atoms with Gasteiger partial charge in [0.2, 0.25) is 0 Å². The summed E-state index contributed by atoms with van der Waals surface area (Å²) in [6.07, 6.45) is -4.37. The van der Waals surface area contributed by atoms with Crippen LogP contribution >= 0.6 is 0 Å². The molecule has 0 atom stereocenters. The molecule has 0 bridgehead atoms. The zero-order valence-electron chi connectivity index (χ0n) is 14.2. The number of halogens is 3. The fourth-order valence-electron chi connectivity index (χ4n) is 2.94. The van der Waals surface area contributed by atoms with Gasteiger partial charge in [0.1, 0.15) is 0 Å². The summed E-state index contributed by atoms with van der Waals surface area (Å²) in [5.41, 5.74) is 0.945. The highest BCUT2D eigenvalue weighted by Gasteiger charge is 2.31. The Morgan fingerprint density at radius 2 is 1.62 bits per heavy atom. The Bertz CT molecular complexity index is 952. The zero-order chi connectivity index (χ0) is 18.7. The standard InChI is InChI=1S/C19H18F3N3O/c1-14-16-9-5-6-10-17(16)18(26)25(23-14)13-24(12-19(20,21)22)11-15-7-3-2-4-8-15/h2-10H,11-13H2,1H3. The summed E-state index contributed by atoms with van der Waals surface area (Å²) >= 11 is 0. The first kappa shape index (κ1) is 18.1. The van der Waals surface area contributed by atoms with Crippen LogP contribution in [0, 0.1) is 6.92 Å². The van der Waals surface area contributed by atoms with E-state index >= 15 is 0 Å². The van der Waals surface area contributed by atoms with Crippen LogP contribution in [-0.2, 0) is 13.2 Å². The second-order valence-corrected chi connectivity index (χ2v) is 6.16. The Balaban J connectivity index is 1.94. The third kappa shape index (κ3) is 4.29. The van der Waals surface area contributed by atoms with E-state index in [1.165, 1.54) is 0 Å². The molecular weight excluding hydrogens is 343 g/mol. The van der Waals surface area contributed by atoms with Crippen molar-refractivity contribution in [2.75, 3.05) is 6.54 Å². The van der Waals surface area contributed by atoms with Gasteiger partial charge < -0.3 is 0 Å². The molecule has 7 heteroatoms. The molecule has 0 unspecified atom stereocenters. The van der Waals surface area contributed by atoms with E-state index in [1.54, 1.807) is 61.5 Å². The van der Waals surface area contributed by atoms with E-state index in [2.05, 4.69) is 5.10 Å². The molecule has 0 spiro atoms. The van der Waals surface area contributed by atoms with Crippen LogP contribution in [0.5, 0.6) is 0 Å². The SMILES string of the molecule is Cc1nn(CN(Cc2ccccc2)CC(F)(F)F)c(=O)c2ccccc12. The average Bonchev–Trinajstić information content (AvgIpc) is 2.59. The van der Waals surface area contributed by atoms with Crippen molar-refractivity contribution in [3.05, 3.63) is 76.2 Å². The molecule has 0 radical (unpaired) electrons. The number of alkyl halides is 3. The van der Waals surface area contributed by atoms with Crippen LogP contribution < -0.4 is 5.56 Å². The minimum atomic E-state index is -4.37. The van der Waals surface area contributed by atoms with E-state index in [-0.39, 0.29) is 13.2 Å². The first-order valence-corrected chi connectivity index (χ1v) is 8.13. The number of fused-ring (bicyclic) bond motifs is 1. The Hall–Kier alpha value is -2.67. The Morgan fingerprint density at radius 1 is 1.00 bits per heavy atom. The maximum atomic E-state index is 13.0. The van der Waals surface area contributed by atoms with E-state index in [1.807, 2.05) is 0 Å². The van der Waals surface area contributed by atoms with E-state index in [4.69, 9.17) is 0 Å². The molecule has 2 aromatic carbocycles. The average molecular weight is 361 g/mol. The van der Waals surface area contributed by atoms with Crippen LogP contribution in [0.25, 0.3) is 10.8 Å². The molecule has 0 fully saturated rings. The first-order chi connectivity index (χ1) is 12.3. The molecule has 3 aromatic rings. The summed E-state index contributed by atoms with van der Waals surface area (Å²) in [6.45, 7) is 0.449. The fourth-order valence-corrected chi connectivity index (χ4v) is 2.94. The van der Waals surface area contributed by atoms with Crippen molar-refractivity contribution in [2.24, 2.45) is 0 Å². The highest BCUT2D eigenvalue weighted by molar-refractivity contribution is 5.83. The van der Waals surface area contributed by atoms with Crippen molar-refractivity contribution in [2.45, 2.75) is 26.3 Å². The molecule has 0 N–H and O–H groups in total. The van der Waals surface area contributed by atoms with Crippen LogP contribution in [0.2, 0.25) is 0 Å². The largest absolute Gasteiger partial charge is 0.401 e. The molecule has 0 saturated carbocycles. The number of hydrogen-bond acceptors (Lipinski definition) is 3. The summed E-state index contributed by atoms with van der Waals surface area (Å²) in [5, 5.41) is 5.37. The Morgan fingerprint density at radius 3 is 2.27 bits per heavy atom. The van der Waals surface area contributed by atoms with Gasteiger partial charge in [0, 0.05) is 11.9 Å². The monoisotopic (exact) mass is 361 g/mol. The minimum absolute atomic E-state index is 0.0698. The molecule has 3 rings (SSSR count). The normalized spacial score (nSPS) is 12.0. The lowest BCUT2D eigenvalue weighted by Gasteiger charge is -2.24. The van der Waals surface area contributed by atoms with Crippen LogP contribution in [0.4, 0.5) is 13.2 Å². The third-order valence-electron chi connectivity index (χ3n) is 4.04. The highest BCUT2D eigenvalue weighted by Crippen LogP contribution is 2.19. The number of aryl methyl sites for hydroxylation is 1. The molecule has 26 heavy (non-hydrogen) atoms. The molecule has 4 nitrogen and oxygen atoms in total. The summed E-state index contributed by atoms with van der Waals surface area (Å²) in [7, 11) is 0. The van der Waals surface area contributed by atoms with Crippen molar-refractivity contribution >= 4 is 10.8 Å². The molecule has 0 saturated heterocycles. The van der Waals surface area contributed by atoms with Gasteiger partial charge in [-0.15, -0.1) is 0 Å². The van der Waals surface area contributed by atoms with Gasteiger partial charge in [0.05, 0.1) is 24.3 Å². The Labute approximate surface area is 148 Å². The molecule has 0 amide bonds. The van der Waals surface area contributed by atoms with Crippen molar-refractivity contribution in [1.29, 1.82) is 0 Å². The lowest BCUT2D eigenvalue weighted by molar-refractivity contribution is -0.151. The lowest BCUT2D eigenvalue weighted by atomic mass is 10.1. The van der Waals surface area contributed by atoms with E-state index in [0.29, 0.717) is 16.5 Å². The van der Waals surface area contributed by atoms with E-state index < -0.39 is 18.3 Å². The van der Waals surface area contributed by atoms with E-state index in [0.717, 1.165) is 15.1 Å². The van der Waals surface area contributed by atoms with Crippen LogP contribution in [-0.4, -0.2) is 27.4 Å². The summed E-state index contributed by atoms with van der Waals surface area (Å²) in [4.78, 5) is 13.8. The number of nitrogens with zero attached hydrogens (tertiary/aromatic N) is 3. The molecule has 0 aliphatic carbocycles. The molecule has 0 aliphatic heterocycles. The topological polar surface area (TPSA) is 38.1 Å². The number of benzene rings is 2. The summed E-state index contributed by atoms with van der Waals surface area (Å²) < 4.78 is 40.1. The number of hydrogen-bond donors (Lipinski definition) is 0. The molecule has 0 aliphatic rings. The summed E-state index contributed by atoms with van der Waals surface area (Å²) in [5.74, 6) is 0. The quantitative estimate of drug-likeness (QED) is 0.695. The predicted molar refractivity (Wildman–Crippen MR) is 93.6 cm³/mol. The van der Waals surface area contributed by atoms with Gasteiger partial charge in [-0.1, -0.05) is 48.5 Å². The molecule has 136 valence electrons. The van der Waals surface area contributed by atoms with Crippen molar-refractivity contribution in [3.8, 4) is 0 Å². The smallest absolute Gasteiger partial charge is 0.271 e. The van der Waals surface area contributed by atoms with Gasteiger partial charge in [-0.3, -0.25) is 9.69 Å². The van der Waals surface area contributed by atoms with Crippen molar-refractivity contribution < 1.29 is 13.2 Å². The maximum Gasteiger partial charge on any atom is 0.401 e. The maximum absolute atomic E-state index is 13.0. The van der Waals surface area contributed by atoms with Crippen molar-refractivity contribution in [3.63, 3.8) is 0 Å². The van der Waals surface area contributed by atoms with Gasteiger partial charge in [-0.2, -0.15) is 18.3 Å². The van der Waals surface area contributed by atoms with Gasteiger partial charge in [0.15, 0.2) is 0 Å². The fraction of sp³-hybridized carbons (Fsp3) is 0.263. The Kier molecular flexibility index (Phi) is 5.08. The summed E-state index contributed by atoms with van der Waals surface area (Å²) in [6, 6.07) is 15.8. The van der Waals surface area contributed by atoms with Gasteiger partial charge >= 0.3 is 6.18 Å². The molecular formula is C19H18F3N3O. The highest BCUT2D eigenvalue weighted by atomic mass is 19.4. The predicted octanol–water partition coefficient (Wildman–Crippen LogP) is 3.73. The lowest BCUT2D eigenvalue weighted by Crippen LogP contribution is -2.39.